The first-order valence-corrected chi connectivity index (χ1v) is 9.91. The fourth-order valence-corrected chi connectivity index (χ4v) is 3.51. The molecule has 0 fully saturated rings. The number of nitrogens with zero attached hydrogens (tertiary/aromatic N) is 5. The number of hydrogen-bond acceptors (Lipinski definition) is 7. The monoisotopic (exact) mass is 482 g/mol. The lowest BCUT2D eigenvalue weighted by molar-refractivity contribution is 0.472. The van der Waals surface area contributed by atoms with Crippen LogP contribution in [0.25, 0.3) is 16.6 Å². The summed E-state index contributed by atoms with van der Waals surface area (Å²) in [5, 5.41) is 18.3. The van der Waals surface area contributed by atoms with Gasteiger partial charge in [-0.2, -0.15) is 5.10 Å². The molecule has 0 saturated carbocycles. The zero-order valence-electron chi connectivity index (χ0n) is 15.1. The number of phenols is 1. The lowest BCUT2D eigenvalue weighted by atomic mass is 10.2. The summed E-state index contributed by atoms with van der Waals surface area (Å²) in [6.07, 6.45) is 4.67. The van der Waals surface area contributed by atoms with Gasteiger partial charge in [0.05, 0.1) is 15.0 Å². The summed E-state index contributed by atoms with van der Waals surface area (Å²) in [6, 6.07) is 12.2. The van der Waals surface area contributed by atoms with E-state index in [1.54, 1.807) is 47.1 Å². The lowest BCUT2D eigenvalue weighted by Crippen LogP contribution is -1.97. The summed E-state index contributed by atoms with van der Waals surface area (Å²) in [4.78, 5) is 12.6. The van der Waals surface area contributed by atoms with Crippen molar-refractivity contribution in [3.05, 3.63) is 70.8 Å². The highest BCUT2D eigenvalue weighted by molar-refractivity contribution is 9.10. The molecular formula is C20H12BrClN6O2. The predicted octanol–water partition coefficient (Wildman–Crippen LogP) is 5.33. The molecule has 5 rings (SSSR count). The third-order valence-electron chi connectivity index (χ3n) is 4.38. The van der Waals surface area contributed by atoms with E-state index >= 15 is 0 Å². The second-order valence-corrected chi connectivity index (χ2v) is 7.60. The maximum atomic E-state index is 9.86. The van der Waals surface area contributed by atoms with Crippen LogP contribution in [0.1, 0.15) is 0 Å². The van der Waals surface area contributed by atoms with Crippen molar-refractivity contribution in [3.8, 4) is 17.2 Å². The molecule has 0 aliphatic carbocycles. The Morgan fingerprint density at radius 3 is 2.80 bits per heavy atom. The summed E-state index contributed by atoms with van der Waals surface area (Å²) in [7, 11) is 0. The minimum Gasteiger partial charge on any atom is -0.507 e. The summed E-state index contributed by atoms with van der Waals surface area (Å²) < 4.78 is 8.09. The number of hydrogen-bond donors (Lipinski definition) is 2. The topological polar surface area (TPSA) is 97.5 Å². The fourth-order valence-electron chi connectivity index (χ4n) is 2.95. The highest BCUT2D eigenvalue weighted by atomic mass is 79.9. The van der Waals surface area contributed by atoms with Gasteiger partial charge in [0, 0.05) is 29.4 Å². The first kappa shape index (κ1) is 18.6. The van der Waals surface area contributed by atoms with Crippen LogP contribution in [0.3, 0.4) is 0 Å². The molecule has 5 aromatic rings. The Kier molecular flexibility index (Phi) is 4.61. The van der Waals surface area contributed by atoms with E-state index in [0.29, 0.717) is 38.0 Å². The van der Waals surface area contributed by atoms with Gasteiger partial charge >= 0.3 is 0 Å². The molecule has 0 aliphatic rings. The second-order valence-electron chi connectivity index (χ2n) is 6.34. The number of aromatic hydroxyl groups is 1. The van der Waals surface area contributed by atoms with Gasteiger partial charge < -0.3 is 15.2 Å². The zero-order valence-corrected chi connectivity index (χ0v) is 17.5. The molecule has 3 heterocycles. The lowest BCUT2D eigenvalue weighted by Gasteiger charge is -2.12. The van der Waals surface area contributed by atoms with Crippen LogP contribution >= 0.6 is 27.5 Å². The fraction of sp³-hybridized carbons (Fsp3) is 0. The van der Waals surface area contributed by atoms with E-state index < -0.39 is 0 Å². The largest absolute Gasteiger partial charge is 0.507 e. The molecule has 0 spiro atoms. The number of fused-ring (bicyclic) bond motifs is 2. The SMILES string of the molecule is Oc1cc2ncnc(Nc3ccc(Oc4ccn5ncnc5c4)c(Cl)c3)c2cc1Br. The highest BCUT2D eigenvalue weighted by Crippen LogP contribution is 2.35. The number of ether oxygens (including phenoxy) is 1. The average Bonchev–Trinajstić information content (AvgIpc) is 3.19. The van der Waals surface area contributed by atoms with Crippen molar-refractivity contribution >= 4 is 55.6 Å². The molecule has 0 saturated heterocycles. The van der Waals surface area contributed by atoms with E-state index in [0.717, 1.165) is 11.1 Å². The number of nitrogens with one attached hydrogen (secondary N) is 1. The number of anilines is 2. The van der Waals surface area contributed by atoms with Crippen molar-refractivity contribution in [2.75, 3.05) is 5.32 Å². The Labute approximate surface area is 183 Å². The summed E-state index contributed by atoms with van der Waals surface area (Å²) in [5.41, 5.74) is 2.02. The molecule has 0 aliphatic heterocycles. The van der Waals surface area contributed by atoms with E-state index in [4.69, 9.17) is 16.3 Å². The van der Waals surface area contributed by atoms with E-state index in [9.17, 15) is 5.11 Å². The third kappa shape index (κ3) is 3.49. The van der Waals surface area contributed by atoms with Gasteiger partial charge in [-0.25, -0.2) is 19.5 Å². The molecule has 148 valence electrons. The minimum absolute atomic E-state index is 0.112. The van der Waals surface area contributed by atoms with Crippen LogP contribution in [0.4, 0.5) is 11.5 Å². The van der Waals surface area contributed by atoms with Gasteiger partial charge in [-0.3, -0.25) is 0 Å². The van der Waals surface area contributed by atoms with Crippen molar-refractivity contribution in [1.82, 2.24) is 24.6 Å². The first-order valence-electron chi connectivity index (χ1n) is 8.74. The van der Waals surface area contributed by atoms with Crippen molar-refractivity contribution in [1.29, 1.82) is 0 Å². The van der Waals surface area contributed by atoms with Gasteiger partial charge in [0.1, 0.15) is 35.7 Å². The molecule has 10 heteroatoms. The summed E-state index contributed by atoms with van der Waals surface area (Å²) >= 11 is 9.76. The van der Waals surface area contributed by atoms with Crippen molar-refractivity contribution in [3.63, 3.8) is 0 Å². The van der Waals surface area contributed by atoms with Gasteiger partial charge in [-0.1, -0.05) is 11.6 Å². The van der Waals surface area contributed by atoms with Crippen LogP contribution < -0.4 is 10.1 Å². The van der Waals surface area contributed by atoms with Gasteiger partial charge in [0.25, 0.3) is 0 Å². The number of pyridine rings is 1. The van der Waals surface area contributed by atoms with Gasteiger partial charge in [-0.05, 0) is 46.3 Å². The Bertz CT molecular complexity index is 1410. The molecule has 2 aromatic carbocycles. The molecule has 3 aromatic heterocycles. The van der Waals surface area contributed by atoms with Crippen LogP contribution in [0.5, 0.6) is 17.2 Å². The van der Waals surface area contributed by atoms with E-state index in [-0.39, 0.29) is 5.75 Å². The first-order chi connectivity index (χ1) is 14.6. The Hall–Kier alpha value is -3.43. The van der Waals surface area contributed by atoms with Crippen molar-refractivity contribution < 1.29 is 9.84 Å². The molecule has 0 radical (unpaired) electrons. The minimum atomic E-state index is 0.112. The van der Waals surface area contributed by atoms with Gasteiger partial charge in [-0.15, -0.1) is 0 Å². The summed E-state index contributed by atoms with van der Waals surface area (Å²) in [5.74, 6) is 1.81. The Morgan fingerprint density at radius 1 is 1.03 bits per heavy atom. The van der Waals surface area contributed by atoms with E-state index in [2.05, 4.69) is 41.3 Å². The van der Waals surface area contributed by atoms with Crippen molar-refractivity contribution in [2.45, 2.75) is 0 Å². The standard InChI is InChI=1S/C20H12BrClN6O2/c21-14-7-13-16(8-17(14)29)23-9-25-20(13)27-11-1-2-18(15(22)5-11)30-12-3-4-28-19(6-12)24-10-26-28/h1-10,29H,(H,23,25,27). The molecule has 0 bridgehead atoms. The normalized spacial score (nSPS) is 11.1. The van der Waals surface area contributed by atoms with Crippen LogP contribution in [0.15, 0.2) is 65.8 Å². The molecule has 0 unspecified atom stereocenters. The van der Waals surface area contributed by atoms with Crippen LogP contribution in [0.2, 0.25) is 5.02 Å². The predicted molar refractivity (Wildman–Crippen MR) is 117 cm³/mol. The highest BCUT2D eigenvalue weighted by Gasteiger charge is 2.10. The molecule has 0 amide bonds. The molecule has 0 atom stereocenters. The molecule has 2 N–H and O–H groups in total. The maximum Gasteiger partial charge on any atom is 0.158 e. The number of phenolic OH excluding ortho intramolecular Hbond substituents is 1. The molecule has 8 nitrogen and oxygen atoms in total. The Balaban J connectivity index is 1.42. The van der Waals surface area contributed by atoms with Gasteiger partial charge in [0.2, 0.25) is 0 Å². The van der Waals surface area contributed by atoms with Crippen molar-refractivity contribution in [2.24, 2.45) is 0 Å². The number of rotatable bonds is 4. The van der Waals surface area contributed by atoms with Crippen LogP contribution in [-0.2, 0) is 0 Å². The molecular weight excluding hydrogens is 472 g/mol. The second kappa shape index (κ2) is 7.43. The number of benzene rings is 2. The number of halogens is 2. The maximum absolute atomic E-state index is 9.86. The smallest absolute Gasteiger partial charge is 0.158 e. The van der Waals surface area contributed by atoms with Gasteiger partial charge in [0.15, 0.2) is 5.65 Å². The van der Waals surface area contributed by atoms with E-state index in [1.807, 2.05) is 6.07 Å². The van der Waals surface area contributed by atoms with E-state index in [1.165, 1.54) is 12.7 Å². The average molecular weight is 484 g/mol. The Morgan fingerprint density at radius 2 is 1.93 bits per heavy atom. The van der Waals surface area contributed by atoms with Crippen LogP contribution in [-0.4, -0.2) is 29.7 Å². The number of aromatic nitrogens is 5. The molecule has 30 heavy (non-hydrogen) atoms. The zero-order chi connectivity index (χ0) is 20.7. The van der Waals surface area contributed by atoms with Crippen LogP contribution in [0, 0.1) is 0 Å². The quantitative estimate of drug-likeness (QED) is 0.356. The summed E-state index contributed by atoms with van der Waals surface area (Å²) in [6.45, 7) is 0. The third-order valence-corrected chi connectivity index (χ3v) is 5.31.